The second kappa shape index (κ2) is 6.02. The van der Waals surface area contributed by atoms with Crippen molar-refractivity contribution in [3.63, 3.8) is 0 Å². The van der Waals surface area contributed by atoms with Gasteiger partial charge in [-0.1, -0.05) is 43.3 Å². The van der Waals surface area contributed by atoms with Crippen molar-refractivity contribution in [1.82, 2.24) is 0 Å². The molecule has 1 amide bonds. The maximum Gasteiger partial charge on any atom is 0.262 e. The number of hydrogen-bond acceptors (Lipinski definition) is 2. The van der Waals surface area contributed by atoms with Crippen molar-refractivity contribution < 1.29 is 13.6 Å². The first-order valence-electron chi connectivity index (χ1n) is 6.23. The van der Waals surface area contributed by atoms with Gasteiger partial charge in [0.15, 0.2) is 0 Å². The Hall–Kier alpha value is -1.92. The minimum atomic E-state index is -2.33. The fourth-order valence-corrected chi connectivity index (χ4v) is 3.04. The van der Waals surface area contributed by atoms with Crippen LogP contribution in [0, 0.1) is 0 Å². The summed E-state index contributed by atoms with van der Waals surface area (Å²) in [5.41, 5.74) is 5.86. The molecule has 0 saturated heterocycles. The zero-order valence-corrected chi connectivity index (χ0v) is 11.8. The average Bonchev–Trinajstić information content (AvgIpc) is 2.43. The Balaban J connectivity index is 2.63. The maximum atomic E-state index is 11.7. The smallest absolute Gasteiger partial charge is 0.262 e. The van der Waals surface area contributed by atoms with Gasteiger partial charge in [-0.2, -0.15) is 0 Å². The van der Waals surface area contributed by atoms with Crippen LogP contribution in [0.3, 0.4) is 0 Å². The van der Waals surface area contributed by atoms with Crippen molar-refractivity contribution in [1.29, 1.82) is 0 Å². The number of nitrogens with two attached hydrogens (primary N) is 1. The Kier molecular flexibility index (Phi) is 4.36. The highest BCUT2D eigenvalue weighted by molar-refractivity contribution is 7.80. The molecular weight excluding hydrogens is 276 g/mol. The van der Waals surface area contributed by atoms with Crippen LogP contribution in [0.2, 0.25) is 0 Å². The number of amides is 1. The molecule has 2 rings (SSSR count). The van der Waals surface area contributed by atoms with Gasteiger partial charge in [-0.15, -0.1) is 0 Å². The van der Waals surface area contributed by atoms with Crippen LogP contribution in [0.15, 0.2) is 42.5 Å². The molecule has 0 radical (unpaired) electrons. The van der Waals surface area contributed by atoms with Gasteiger partial charge in [0.1, 0.15) is 6.04 Å². The molecule has 2 aromatic carbocycles. The molecule has 2 aromatic rings. The molecule has 0 aromatic heterocycles. The molecule has 0 aliphatic heterocycles. The van der Waals surface area contributed by atoms with E-state index in [0.717, 1.165) is 15.1 Å². The fourth-order valence-electron chi connectivity index (χ4n) is 2.24. The molecule has 0 bridgehead atoms. The van der Waals surface area contributed by atoms with Crippen LogP contribution in [-0.4, -0.2) is 20.7 Å². The third-order valence-corrected chi connectivity index (χ3v) is 3.96. The van der Waals surface area contributed by atoms with Crippen molar-refractivity contribution in [2.45, 2.75) is 19.4 Å². The van der Waals surface area contributed by atoms with Gasteiger partial charge in [0, 0.05) is 5.39 Å². The van der Waals surface area contributed by atoms with Gasteiger partial charge in [0.05, 0.1) is 5.69 Å². The number of fused-ring (bicyclic) bond motifs is 1. The quantitative estimate of drug-likeness (QED) is 0.827. The minimum Gasteiger partial charge on any atom is -0.368 e. The van der Waals surface area contributed by atoms with Crippen LogP contribution in [0.1, 0.15) is 13.3 Å². The van der Waals surface area contributed by atoms with Gasteiger partial charge in [-0.25, -0.2) is 4.21 Å². The lowest BCUT2D eigenvalue weighted by Crippen LogP contribution is -2.45. The lowest BCUT2D eigenvalue weighted by Gasteiger charge is -2.27. The predicted molar refractivity (Wildman–Crippen MR) is 80.5 cm³/mol. The van der Waals surface area contributed by atoms with Crippen molar-refractivity contribution in [2.24, 2.45) is 5.73 Å². The van der Waals surface area contributed by atoms with Crippen molar-refractivity contribution in [3.05, 3.63) is 42.5 Å². The molecule has 20 heavy (non-hydrogen) atoms. The van der Waals surface area contributed by atoms with E-state index in [2.05, 4.69) is 0 Å². The average molecular weight is 292 g/mol. The third kappa shape index (κ3) is 2.66. The molecule has 3 N–H and O–H groups in total. The molecule has 2 atom stereocenters. The van der Waals surface area contributed by atoms with E-state index in [1.54, 1.807) is 19.1 Å². The van der Waals surface area contributed by atoms with Crippen LogP contribution in [0.5, 0.6) is 0 Å². The standard InChI is InChI=1S/C14H16N2O3S/c1-2-12(14(15)17)16(20(18)19)13-9-5-7-10-6-3-4-8-11(10)13/h3-9,12H,2H2,1H3,(H2,15,17)(H,18,19). The second-order valence-corrected chi connectivity index (χ2v) is 5.24. The van der Waals surface area contributed by atoms with Crippen molar-refractivity contribution in [3.8, 4) is 0 Å². The van der Waals surface area contributed by atoms with Gasteiger partial charge in [-0.05, 0) is 17.9 Å². The second-order valence-electron chi connectivity index (χ2n) is 4.38. The summed E-state index contributed by atoms with van der Waals surface area (Å²) in [6.07, 6.45) is 0.352. The summed E-state index contributed by atoms with van der Waals surface area (Å²) in [5.74, 6) is -0.622. The topological polar surface area (TPSA) is 83.6 Å². The van der Waals surface area contributed by atoms with Crippen LogP contribution in [-0.2, 0) is 16.1 Å². The Morgan fingerprint density at radius 2 is 1.95 bits per heavy atom. The summed E-state index contributed by atoms with van der Waals surface area (Å²) in [6.45, 7) is 1.75. The number of benzene rings is 2. The Labute approximate surface area is 119 Å². The van der Waals surface area contributed by atoms with E-state index in [-0.39, 0.29) is 0 Å². The van der Waals surface area contributed by atoms with E-state index >= 15 is 0 Å². The molecule has 6 heteroatoms. The molecule has 0 spiro atoms. The normalized spacial score (nSPS) is 13.9. The first-order chi connectivity index (χ1) is 9.56. The zero-order valence-electron chi connectivity index (χ0n) is 11.0. The van der Waals surface area contributed by atoms with Gasteiger partial charge in [-0.3, -0.25) is 13.7 Å². The van der Waals surface area contributed by atoms with Gasteiger partial charge in [0.25, 0.3) is 11.3 Å². The molecule has 0 aliphatic rings. The van der Waals surface area contributed by atoms with Crippen molar-refractivity contribution >= 4 is 33.6 Å². The molecule has 106 valence electrons. The predicted octanol–water partition coefficient (Wildman–Crippen LogP) is 2.05. The first kappa shape index (κ1) is 14.5. The zero-order chi connectivity index (χ0) is 14.7. The van der Waals surface area contributed by atoms with E-state index in [0.29, 0.717) is 12.1 Å². The largest absolute Gasteiger partial charge is 0.368 e. The number of nitrogens with zero attached hydrogens (tertiary/aromatic N) is 1. The molecule has 0 heterocycles. The van der Waals surface area contributed by atoms with E-state index < -0.39 is 23.2 Å². The highest BCUT2D eigenvalue weighted by Crippen LogP contribution is 2.29. The van der Waals surface area contributed by atoms with Crippen molar-refractivity contribution in [2.75, 3.05) is 4.31 Å². The summed E-state index contributed by atoms with van der Waals surface area (Å²) in [6, 6.07) is 12.1. The number of primary amides is 1. The number of hydrogen-bond donors (Lipinski definition) is 2. The summed E-state index contributed by atoms with van der Waals surface area (Å²) >= 11 is -2.33. The third-order valence-electron chi connectivity index (χ3n) is 3.17. The lowest BCUT2D eigenvalue weighted by molar-refractivity contribution is -0.119. The molecule has 0 aliphatic carbocycles. The van der Waals surface area contributed by atoms with Gasteiger partial charge < -0.3 is 5.73 Å². The number of rotatable bonds is 5. The fraction of sp³-hybridized carbons (Fsp3) is 0.214. The Morgan fingerprint density at radius 1 is 1.30 bits per heavy atom. The van der Waals surface area contributed by atoms with E-state index in [1.807, 2.05) is 30.3 Å². The first-order valence-corrected chi connectivity index (χ1v) is 7.30. The maximum absolute atomic E-state index is 11.7. The minimum absolute atomic E-state index is 0.352. The number of anilines is 1. The monoisotopic (exact) mass is 292 g/mol. The summed E-state index contributed by atoms with van der Waals surface area (Å²) in [5, 5.41) is 1.73. The SMILES string of the molecule is CCC(C(N)=O)N(c1cccc2ccccc12)S(=O)O. The van der Waals surface area contributed by atoms with Crippen LogP contribution >= 0.6 is 0 Å². The van der Waals surface area contributed by atoms with E-state index in [1.165, 1.54) is 0 Å². The van der Waals surface area contributed by atoms with Crippen LogP contribution < -0.4 is 10.0 Å². The van der Waals surface area contributed by atoms with Gasteiger partial charge in [0.2, 0.25) is 5.91 Å². The van der Waals surface area contributed by atoms with E-state index in [9.17, 15) is 13.6 Å². The number of carbonyl (C=O) groups excluding carboxylic acids is 1. The number of carbonyl (C=O) groups is 1. The molecule has 5 nitrogen and oxygen atoms in total. The highest BCUT2D eigenvalue weighted by Gasteiger charge is 2.27. The van der Waals surface area contributed by atoms with Crippen LogP contribution in [0.4, 0.5) is 5.69 Å². The van der Waals surface area contributed by atoms with Crippen LogP contribution in [0.25, 0.3) is 10.8 Å². The summed E-state index contributed by atoms with van der Waals surface area (Å²) in [7, 11) is 0. The van der Waals surface area contributed by atoms with Gasteiger partial charge >= 0.3 is 0 Å². The summed E-state index contributed by atoms with van der Waals surface area (Å²) < 4.78 is 22.4. The molecule has 0 fully saturated rings. The molecule has 0 saturated carbocycles. The molecule has 2 unspecified atom stereocenters. The molecular formula is C14H16N2O3S. The highest BCUT2D eigenvalue weighted by atomic mass is 32.2. The lowest BCUT2D eigenvalue weighted by atomic mass is 10.1. The Bertz CT molecular complexity index is 654. The van der Waals surface area contributed by atoms with E-state index in [4.69, 9.17) is 5.73 Å². The summed E-state index contributed by atoms with van der Waals surface area (Å²) in [4.78, 5) is 11.5. The Morgan fingerprint density at radius 3 is 2.55 bits per heavy atom.